The highest BCUT2D eigenvalue weighted by Gasteiger charge is 1.97. The van der Waals surface area contributed by atoms with Crippen molar-refractivity contribution in [2.45, 2.75) is 5.16 Å². The molecule has 0 fully saturated rings. The molecule has 0 aliphatic carbocycles. The molecule has 0 aliphatic rings. The maximum atomic E-state index is 4.92. The fraction of sp³-hybridized carbons (Fsp3) is 0.571. The molecule has 0 radical (unpaired) electrons. The Kier molecular flexibility index (Phi) is 3.45. The van der Waals surface area contributed by atoms with Crippen LogP contribution in [0.4, 0.5) is 0 Å². The summed E-state index contributed by atoms with van der Waals surface area (Å²) in [6.45, 7) is 0.775. The minimum absolute atomic E-state index is 0.775. The van der Waals surface area contributed by atoms with Crippen molar-refractivity contribution in [1.29, 1.82) is 0 Å². The van der Waals surface area contributed by atoms with Gasteiger partial charge in [0, 0.05) is 32.3 Å². The normalized spacial score (nSPS) is 10.4. The first-order chi connectivity index (χ1) is 5.34. The Morgan fingerprint density at radius 1 is 1.73 bits per heavy atom. The first kappa shape index (κ1) is 8.62. The van der Waals surface area contributed by atoms with Crippen LogP contribution in [0.3, 0.4) is 0 Å². The molecule has 0 aromatic carbocycles. The van der Waals surface area contributed by atoms with Crippen molar-refractivity contribution in [2.24, 2.45) is 7.05 Å². The van der Waals surface area contributed by atoms with E-state index in [0.29, 0.717) is 0 Å². The molecule has 0 saturated heterocycles. The predicted octanol–water partition coefficient (Wildman–Crippen LogP) is 1.16. The van der Waals surface area contributed by atoms with Crippen LogP contribution in [0.2, 0.25) is 0 Å². The van der Waals surface area contributed by atoms with Gasteiger partial charge in [0.25, 0.3) is 0 Å². The highest BCUT2D eigenvalue weighted by atomic mass is 32.2. The number of hydrogen-bond acceptors (Lipinski definition) is 3. The lowest BCUT2D eigenvalue weighted by molar-refractivity contribution is 0.218. The summed E-state index contributed by atoms with van der Waals surface area (Å²) in [5.74, 6) is 0.960. The van der Waals surface area contributed by atoms with E-state index in [1.165, 1.54) is 0 Å². The van der Waals surface area contributed by atoms with Gasteiger partial charge in [-0.2, -0.15) is 0 Å². The Morgan fingerprint density at radius 2 is 2.55 bits per heavy atom. The van der Waals surface area contributed by atoms with E-state index >= 15 is 0 Å². The highest BCUT2D eigenvalue weighted by molar-refractivity contribution is 7.99. The second-order valence-corrected chi connectivity index (χ2v) is 3.22. The fourth-order valence-corrected chi connectivity index (χ4v) is 1.54. The first-order valence-corrected chi connectivity index (χ1v) is 4.42. The summed E-state index contributed by atoms with van der Waals surface area (Å²) in [6.07, 6.45) is 3.74. The van der Waals surface area contributed by atoms with E-state index in [-0.39, 0.29) is 0 Å². The number of methoxy groups -OCH3 is 1. The van der Waals surface area contributed by atoms with Gasteiger partial charge >= 0.3 is 0 Å². The molecule has 0 bridgehead atoms. The molecular formula is C7H12N2OS. The number of hydrogen-bond donors (Lipinski definition) is 0. The molecule has 0 unspecified atom stereocenters. The molecular weight excluding hydrogens is 160 g/mol. The van der Waals surface area contributed by atoms with E-state index in [1.807, 2.05) is 17.8 Å². The van der Waals surface area contributed by atoms with E-state index in [4.69, 9.17) is 4.74 Å². The molecule has 0 N–H and O–H groups in total. The molecule has 0 spiro atoms. The van der Waals surface area contributed by atoms with Crippen LogP contribution in [-0.4, -0.2) is 29.0 Å². The van der Waals surface area contributed by atoms with Crippen LogP contribution in [0.5, 0.6) is 0 Å². The molecule has 1 aromatic rings. The van der Waals surface area contributed by atoms with Crippen molar-refractivity contribution in [3.63, 3.8) is 0 Å². The highest BCUT2D eigenvalue weighted by Crippen LogP contribution is 2.13. The molecule has 3 nitrogen and oxygen atoms in total. The minimum Gasteiger partial charge on any atom is -0.384 e. The minimum atomic E-state index is 0.775. The Hall–Kier alpha value is -0.480. The number of nitrogens with zero attached hydrogens (tertiary/aromatic N) is 2. The number of thioether (sulfide) groups is 1. The standard InChI is InChI=1S/C7H12N2OS/c1-9-4-3-8-7(9)11-6-5-10-2/h3-4H,5-6H2,1-2H3. The van der Waals surface area contributed by atoms with Crippen LogP contribution in [0.25, 0.3) is 0 Å². The quantitative estimate of drug-likeness (QED) is 0.503. The average molecular weight is 172 g/mol. The molecule has 0 amide bonds. The Balaban J connectivity index is 2.32. The van der Waals surface area contributed by atoms with E-state index in [2.05, 4.69) is 4.98 Å². The van der Waals surface area contributed by atoms with Gasteiger partial charge in [-0.15, -0.1) is 0 Å². The third kappa shape index (κ3) is 2.55. The van der Waals surface area contributed by atoms with Gasteiger partial charge in [0.1, 0.15) is 0 Å². The van der Waals surface area contributed by atoms with Gasteiger partial charge in [0.05, 0.1) is 6.61 Å². The Bertz CT molecular complexity index is 212. The average Bonchev–Trinajstić information content (AvgIpc) is 2.37. The van der Waals surface area contributed by atoms with E-state index in [9.17, 15) is 0 Å². The molecule has 1 rings (SSSR count). The molecule has 0 aliphatic heterocycles. The summed E-state index contributed by atoms with van der Waals surface area (Å²) in [6, 6.07) is 0. The summed E-state index contributed by atoms with van der Waals surface area (Å²) in [5.41, 5.74) is 0. The van der Waals surface area contributed by atoms with Crippen molar-refractivity contribution in [2.75, 3.05) is 19.5 Å². The maximum absolute atomic E-state index is 4.92. The zero-order valence-corrected chi connectivity index (χ0v) is 7.60. The van der Waals surface area contributed by atoms with Crippen LogP contribution in [0, 0.1) is 0 Å². The lowest BCUT2D eigenvalue weighted by atomic mass is 10.9. The van der Waals surface area contributed by atoms with Gasteiger partial charge in [-0.1, -0.05) is 11.8 Å². The van der Waals surface area contributed by atoms with Gasteiger partial charge in [-0.05, 0) is 0 Å². The van der Waals surface area contributed by atoms with Crippen LogP contribution in [0.15, 0.2) is 17.6 Å². The van der Waals surface area contributed by atoms with Crippen LogP contribution < -0.4 is 0 Å². The zero-order valence-electron chi connectivity index (χ0n) is 6.78. The third-order valence-electron chi connectivity index (χ3n) is 1.30. The van der Waals surface area contributed by atoms with E-state index in [0.717, 1.165) is 17.5 Å². The van der Waals surface area contributed by atoms with Gasteiger partial charge in [0.2, 0.25) is 0 Å². The maximum Gasteiger partial charge on any atom is 0.167 e. The first-order valence-electron chi connectivity index (χ1n) is 3.43. The zero-order chi connectivity index (χ0) is 8.10. The summed E-state index contributed by atoms with van der Waals surface area (Å²) >= 11 is 1.71. The van der Waals surface area contributed by atoms with Crippen molar-refractivity contribution in [3.8, 4) is 0 Å². The van der Waals surface area contributed by atoms with Crippen molar-refractivity contribution in [1.82, 2.24) is 9.55 Å². The van der Waals surface area contributed by atoms with E-state index < -0.39 is 0 Å². The number of aryl methyl sites for hydroxylation is 1. The Labute approximate surface area is 70.8 Å². The Morgan fingerprint density at radius 3 is 3.09 bits per heavy atom. The van der Waals surface area contributed by atoms with Gasteiger partial charge in [0.15, 0.2) is 5.16 Å². The predicted molar refractivity (Wildman–Crippen MR) is 45.8 cm³/mol. The SMILES string of the molecule is COCCSc1nccn1C. The summed E-state index contributed by atoms with van der Waals surface area (Å²) in [4.78, 5) is 4.16. The topological polar surface area (TPSA) is 27.1 Å². The number of imidazole rings is 1. The summed E-state index contributed by atoms with van der Waals surface area (Å²) in [5, 5.41) is 1.04. The molecule has 1 aromatic heterocycles. The molecule has 62 valence electrons. The van der Waals surface area contributed by atoms with Gasteiger partial charge < -0.3 is 9.30 Å². The van der Waals surface area contributed by atoms with Crippen LogP contribution >= 0.6 is 11.8 Å². The largest absolute Gasteiger partial charge is 0.384 e. The van der Waals surface area contributed by atoms with Crippen LogP contribution in [0.1, 0.15) is 0 Å². The van der Waals surface area contributed by atoms with Crippen LogP contribution in [-0.2, 0) is 11.8 Å². The second-order valence-electron chi connectivity index (χ2n) is 2.16. The fourth-order valence-electron chi connectivity index (χ4n) is 0.707. The number of ether oxygens (including phenoxy) is 1. The molecule has 0 saturated carbocycles. The lowest BCUT2D eigenvalue weighted by Crippen LogP contribution is -1.95. The lowest BCUT2D eigenvalue weighted by Gasteiger charge is -1.99. The summed E-state index contributed by atoms with van der Waals surface area (Å²) < 4.78 is 6.92. The number of rotatable bonds is 4. The van der Waals surface area contributed by atoms with Gasteiger partial charge in [-0.3, -0.25) is 0 Å². The van der Waals surface area contributed by atoms with Crippen molar-refractivity contribution < 1.29 is 4.74 Å². The number of aromatic nitrogens is 2. The third-order valence-corrected chi connectivity index (χ3v) is 2.32. The van der Waals surface area contributed by atoms with Crippen molar-refractivity contribution in [3.05, 3.63) is 12.4 Å². The summed E-state index contributed by atoms with van der Waals surface area (Å²) in [7, 11) is 3.70. The van der Waals surface area contributed by atoms with Gasteiger partial charge in [-0.25, -0.2) is 4.98 Å². The second kappa shape index (κ2) is 4.41. The molecule has 0 atom stereocenters. The monoisotopic (exact) mass is 172 g/mol. The smallest absolute Gasteiger partial charge is 0.167 e. The van der Waals surface area contributed by atoms with E-state index in [1.54, 1.807) is 25.1 Å². The molecule has 11 heavy (non-hydrogen) atoms. The molecule has 1 heterocycles. The van der Waals surface area contributed by atoms with Crippen molar-refractivity contribution >= 4 is 11.8 Å². The molecule has 4 heteroatoms.